The number of benzene rings is 1. The fourth-order valence-electron chi connectivity index (χ4n) is 3.69. The van der Waals surface area contributed by atoms with Crippen molar-refractivity contribution in [3.63, 3.8) is 0 Å². The van der Waals surface area contributed by atoms with E-state index < -0.39 is 23.5 Å². The van der Waals surface area contributed by atoms with Gasteiger partial charge in [0, 0.05) is 48.9 Å². The Morgan fingerprint density at radius 1 is 1.12 bits per heavy atom. The van der Waals surface area contributed by atoms with Gasteiger partial charge in [0.15, 0.2) is 11.6 Å². The van der Waals surface area contributed by atoms with E-state index in [2.05, 4.69) is 20.4 Å². The van der Waals surface area contributed by atoms with Crippen LogP contribution in [0.3, 0.4) is 0 Å². The normalized spacial score (nSPS) is 27.4. The number of nitrogens with one attached hydrogen (secondary N) is 2. The molecule has 2 aliphatic heterocycles. The molecule has 3 atom stereocenters. The van der Waals surface area contributed by atoms with Crippen molar-refractivity contribution in [1.29, 1.82) is 0 Å². The molecule has 3 heterocycles. The van der Waals surface area contributed by atoms with E-state index in [1.54, 1.807) is 0 Å². The van der Waals surface area contributed by atoms with E-state index in [1.807, 2.05) is 6.20 Å². The van der Waals surface area contributed by atoms with Gasteiger partial charge in [-0.25, -0.2) is 13.2 Å². The summed E-state index contributed by atoms with van der Waals surface area (Å²) in [6, 6.07) is 0.754. The Bertz CT molecular complexity index is 742. The Morgan fingerprint density at radius 2 is 1.92 bits per heavy atom. The lowest BCUT2D eigenvalue weighted by molar-refractivity contribution is 0.137. The lowest BCUT2D eigenvalue weighted by atomic mass is 9.89. The first-order valence-corrected chi connectivity index (χ1v) is 7.91. The van der Waals surface area contributed by atoms with Crippen molar-refractivity contribution in [2.45, 2.75) is 37.6 Å². The highest BCUT2D eigenvalue weighted by atomic mass is 19.2. The second-order valence-corrected chi connectivity index (χ2v) is 6.51. The molecule has 0 aliphatic carbocycles. The number of fused-ring (bicyclic) bond motifs is 1. The summed E-state index contributed by atoms with van der Waals surface area (Å²) in [6.07, 6.45) is 2.47. The van der Waals surface area contributed by atoms with Crippen LogP contribution in [0.15, 0.2) is 18.3 Å². The van der Waals surface area contributed by atoms with Crippen LogP contribution in [0.25, 0.3) is 0 Å². The molecule has 4 rings (SSSR count). The zero-order valence-corrected chi connectivity index (χ0v) is 12.9. The van der Waals surface area contributed by atoms with Crippen molar-refractivity contribution in [1.82, 2.24) is 20.4 Å². The number of piperidine rings is 1. The van der Waals surface area contributed by atoms with E-state index in [4.69, 9.17) is 5.73 Å². The van der Waals surface area contributed by atoms with Gasteiger partial charge in [-0.2, -0.15) is 5.10 Å². The summed E-state index contributed by atoms with van der Waals surface area (Å²) in [7, 11) is 0. The molecule has 24 heavy (non-hydrogen) atoms. The average Bonchev–Trinajstić information content (AvgIpc) is 3.13. The summed E-state index contributed by atoms with van der Waals surface area (Å²) in [5.41, 5.74) is 8.58. The Balaban J connectivity index is 1.47. The molecular formula is C16H18F3N5. The summed E-state index contributed by atoms with van der Waals surface area (Å²) in [4.78, 5) is 2.29. The van der Waals surface area contributed by atoms with Crippen LogP contribution in [-0.2, 0) is 13.1 Å². The van der Waals surface area contributed by atoms with Gasteiger partial charge < -0.3 is 11.1 Å². The highest BCUT2D eigenvalue weighted by Gasteiger charge is 2.35. The molecule has 1 fully saturated rings. The summed E-state index contributed by atoms with van der Waals surface area (Å²) < 4.78 is 40.6. The minimum Gasteiger partial charge on any atom is -0.326 e. The van der Waals surface area contributed by atoms with Crippen LogP contribution < -0.4 is 11.1 Å². The fraction of sp³-hybridized carbons (Fsp3) is 0.438. The molecule has 0 saturated carbocycles. The lowest BCUT2D eigenvalue weighted by Gasteiger charge is -2.39. The quantitative estimate of drug-likeness (QED) is 0.728. The van der Waals surface area contributed by atoms with Crippen molar-refractivity contribution in [2.24, 2.45) is 5.73 Å². The van der Waals surface area contributed by atoms with Crippen LogP contribution in [0.5, 0.6) is 0 Å². The zero-order valence-electron chi connectivity index (χ0n) is 12.9. The topological polar surface area (TPSA) is 70.0 Å². The Labute approximate surface area is 137 Å². The number of nitrogens with zero attached hydrogens (tertiary/aromatic N) is 2. The third kappa shape index (κ3) is 2.60. The first-order chi connectivity index (χ1) is 11.5. The molecule has 0 radical (unpaired) electrons. The van der Waals surface area contributed by atoms with Gasteiger partial charge in [-0.15, -0.1) is 0 Å². The van der Waals surface area contributed by atoms with Crippen molar-refractivity contribution in [2.75, 3.05) is 6.54 Å². The third-order valence-corrected chi connectivity index (χ3v) is 4.98. The van der Waals surface area contributed by atoms with Gasteiger partial charge in [-0.05, 0) is 12.5 Å². The number of aromatic amines is 1. The number of halogens is 3. The number of rotatable bonds is 2. The standard InChI is InChI=1S/C16H18F3N5/c17-11-3-13(19)12(18)2-10(11)16-14(20)1-9(5-21-16)24-6-8-4-22-23-15(8)7-24/h2-4,9,14,16,21H,1,5-7,20H2,(H,22,23)/t9?,14?,16-/m1/s1. The van der Waals surface area contributed by atoms with Gasteiger partial charge in [0.2, 0.25) is 0 Å². The maximum atomic E-state index is 14.0. The van der Waals surface area contributed by atoms with Crippen LogP contribution >= 0.6 is 0 Å². The molecule has 2 aliphatic rings. The monoisotopic (exact) mass is 337 g/mol. The van der Waals surface area contributed by atoms with Gasteiger partial charge in [-0.3, -0.25) is 10.00 Å². The molecule has 5 nitrogen and oxygen atoms in total. The van der Waals surface area contributed by atoms with Crippen molar-refractivity contribution < 1.29 is 13.2 Å². The smallest absolute Gasteiger partial charge is 0.161 e. The minimum atomic E-state index is -1.19. The molecule has 0 amide bonds. The van der Waals surface area contributed by atoms with E-state index in [0.29, 0.717) is 19.0 Å². The van der Waals surface area contributed by atoms with Crippen LogP contribution in [0, 0.1) is 17.5 Å². The fourth-order valence-corrected chi connectivity index (χ4v) is 3.69. The number of H-pyrrole nitrogens is 1. The van der Waals surface area contributed by atoms with E-state index in [1.165, 1.54) is 5.56 Å². The molecular weight excluding hydrogens is 319 g/mol. The molecule has 1 aromatic heterocycles. The summed E-state index contributed by atoms with van der Waals surface area (Å²) in [5.74, 6) is -3.03. The maximum absolute atomic E-state index is 14.0. The van der Waals surface area contributed by atoms with Gasteiger partial charge >= 0.3 is 0 Å². The molecule has 4 N–H and O–H groups in total. The molecule has 128 valence electrons. The summed E-state index contributed by atoms with van der Waals surface area (Å²) in [5, 5.41) is 10.2. The Morgan fingerprint density at radius 3 is 2.67 bits per heavy atom. The highest BCUT2D eigenvalue weighted by Crippen LogP contribution is 2.31. The summed E-state index contributed by atoms with van der Waals surface area (Å²) in [6.45, 7) is 2.18. The Kier molecular flexibility index (Phi) is 3.82. The largest absolute Gasteiger partial charge is 0.326 e. The maximum Gasteiger partial charge on any atom is 0.161 e. The second kappa shape index (κ2) is 5.87. The molecule has 0 spiro atoms. The number of aromatic nitrogens is 2. The number of nitrogens with two attached hydrogens (primary N) is 1. The molecule has 0 bridgehead atoms. The van der Waals surface area contributed by atoms with Gasteiger partial charge in [-0.1, -0.05) is 0 Å². The van der Waals surface area contributed by atoms with Crippen LogP contribution in [0.4, 0.5) is 13.2 Å². The van der Waals surface area contributed by atoms with E-state index >= 15 is 0 Å². The third-order valence-electron chi connectivity index (χ3n) is 4.98. The molecule has 1 aromatic carbocycles. The predicted octanol–water partition coefficient (Wildman–Crippen LogP) is 1.57. The molecule has 2 aromatic rings. The highest BCUT2D eigenvalue weighted by molar-refractivity contribution is 5.26. The average molecular weight is 337 g/mol. The van der Waals surface area contributed by atoms with Gasteiger partial charge in [0.25, 0.3) is 0 Å². The number of hydrogen-bond acceptors (Lipinski definition) is 4. The first-order valence-electron chi connectivity index (χ1n) is 7.91. The molecule has 2 unspecified atom stereocenters. The zero-order chi connectivity index (χ0) is 16.8. The first kappa shape index (κ1) is 15.6. The van der Waals surface area contributed by atoms with Crippen molar-refractivity contribution >= 4 is 0 Å². The SMILES string of the molecule is NC1CC(N2Cc3cn[nH]c3C2)CN[C@@H]1c1cc(F)c(F)cc1F. The van der Waals surface area contributed by atoms with E-state index in [0.717, 1.165) is 24.8 Å². The van der Waals surface area contributed by atoms with Crippen molar-refractivity contribution in [3.8, 4) is 0 Å². The summed E-state index contributed by atoms with van der Waals surface area (Å²) >= 11 is 0. The van der Waals surface area contributed by atoms with Crippen LogP contribution in [0.2, 0.25) is 0 Å². The van der Waals surface area contributed by atoms with Crippen molar-refractivity contribution in [3.05, 3.63) is 52.6 Å². The minimum absolute atomic E-state index is 0.0793. The number of hydrogen-bond donors (Lipinski definition) is 3. The molecule has 8 heteroatoms. The van der Waals surface area contributed by atoms with Crippen LogP contribution in [-0.4, -0.2) is 33.7 Å². The lowest BCUT2D eigenvalue weighted by Crippen LogP contribution is -2.54. The Hall–Kier alpha value is -1.90. The van der Waals surface area contributed by atoms with E-state index in [-0.39, 0.29) is 17.6 Å². The van der Waals surface area contributed by atoms with Crippen LogP contribution in [0.1, 0.15) is 29.3 Å². The predicted molar refractivity (Wildman–Crippen MR) is 81.3 cm³/mol. The molecule has 1 saturated heterocycles. The van der Waals surface area contributed by atoms with Gasteiger partial charge in [0.1, 0.15) is 5.82 Å². The van der Waals surface area contributed by atoms with E-state index in [9.17, 15) is 13.2 Å². The second-order valence-electron chi connectivity index (χ2n) is 6.51. The van der Waals surface area contributed by atoms with Gasteiger partial charge in [0.05, 0.1) is 17.9 Å².